The van der Waals surface area contributed by atoms with Crippen molar-refractivity contribution < 1.29 is 4.21 Å². The second-order valence-electron chi connectivity index (χ2n) is 3.88. The molecule has 16 heavy (non-hydrogen) atoms. The molecule has 2 heterocycles. The van der Waals surface area contributed by atoms with Crippen molar-refractivity contribution in [3.05, 3.63) is 16.9 Å². The molecule has 1 aliphatic heterocycles. The number of halogens is 1. The lowest BCUT2D eigenvalue weighted by molar-refractivity contribution is 0.517. The van der Waals surface area contributed by atoms with Gasteiger partial charge < -0.3 is 5.32 Å². The van der Waals surface area contributed by atoms with Crippen molar-refractivity contribution in [3.63, 3.8) is 0 Å². The van der Waals surface area contributed by atoms with E-state index in [4.69, 9.17) is 11.6 Å². The Morgan fingerprint density at radius 3 is 3.00 bits per heavy atom. The summed E-state index contributed by atoms with van der Waals surface area (Å²) in [6, 6.07) is 1.67. The average molecular weight is 260 g/mol. The van der Waals surface area contributed by atoms with Crippen LogP contribution in [-0.4, -0.2) is 32.5 Å². The minimum atomic E-state index is -1.16. The lowest BCUT2D eigenvalue weighted by atomic mass is 10.2. The van der Waals surface area contributed by atoms with Gasteiger partial charge in [0.25, 0.3) is 0 Å². The Balaban J connectivity index is 2.19. The highest BCUT2D eigenvalue weighted by Crippen LogP contribution is 2.16. The Morgan fingerprint density at radius 1 is 1.56 bits per heavy atom. The fourth-order valence-electron chi connectivity index (χ4n) is 1.75. The molecule has 1 fully saturated rings. The van der Waals surface area contributed by atoms with E-state index < -0.39 is 10.8 Å². The van der Waals surface area contributed by atoms with Crippen molar-refractivity contribution in [2.75, 3.05) is 13.1 Å². The molecule has 1 saturated heterocycles. The summed E-state index contributed by atoms with van der Waals surface area (Å²) in [6.45, 7) is 3.60. The fourth-order valence-corrected chi connectivity index (χ4v) is 3.40. The second kappa shape index (κ2) is 5.21. The molecule has 6 heteroatoms. The first kappa shape index (κ1) is 12.0. The van der Waals surface area contributed by atoms with Crippen LogP contribution in [0.2, 0.25) is 5.15 Å². The molecule has 0 spiro atoms. The molecule has 0 unspecified atom stereocenters. The van der Waals surface area contributed by atoms with Crippen molar-refractivity contribution in [2.24, 2.45) is 0 Å². The maximum atomic E-state index is 12.2. The molecule has 0 aromatic carbocycles. The van der Waals surface area contributed by atoms with Crippen LogP contribution in [0, 0.1) is 6.92 Å². The molecular formula is C10H14ClN3OS. The highest BCUT2D eigenvalue weighted by Gasteiger charge is 2.23. The minimum absolute atomic E-state index is 0.103. The third-order valence-corrected chi connectivity index (χ3v) is 4.28. The largest absolute Gasteiger partial charge is 0.316 e. The van der Waals surface area contributed by atoms with Gasteiger partial charge in [-0.3, -0.25) is 4.21 Å². The predicted molar refractivity (Wildman–Crippen MR) is 64.1 cm³/mol. The van der Waals surface area contributed by atoms with Gasteiger partial charge in [-0.15, -0.1) is 0 Å². The van der Waals surface area contributed by atoms with E-state index in [0.29, 0.717) is 10.3 Å². The van der Waals surface area contributed by atoms with Gasteiger partial charge in [0.15, 0.2) is 0 Å². The molecule has 2 atom stereocenters. The SMILES string of the molecule is Cc1cc(Cl)nc([S@](=O)[C@@H]2CCCNC2)n1. The molecule has 1 aromatic heterocycles. The molecule has 0 radical (unpaired) electrons. The zero-order valence-corrected chi connectivity index (χ0v) is 10.6. The first-order chi connectivity index (χ1) is 7.66. The van der Waals surface area contributed by atoms with E-state index in [-0.39, 0.29) is 5.25 Å². The van der Waals surface area contributed by atoms with E-state index in [2.05, 4.69) is 15.3 Å². The van der Waals surface area contributed by atoms with E-state index >= 15 is 0 Å². The number of nitrogens with zero attached hydrogens (tertiary/aromatic N) is 2. The average Bonchev–Trinajstić information content (AvgIpc) is 2.28. The zero-order chi connectivity index (χ0) is 11.5. The molecule has 1 N–H and O–H groups in total. The lowest BCUT2D eigenvalue weighted by Gasteiger charge is -2.21. The maximum absolute atomic E-state index is 12.2. The molecule has 0 aliphatic carbocycles. The minimum Gasteiger partial charge on any atom is -0.316 e. The highest BCUT2D eigenvalue weighted by molar-refractivity contribution is 7.85. The predicted octanol–water partition coefficient (Wildman–Crippen LogP) is 1.30. The first-order valence-electron chi connectivity index (χ1n) is 5.29. The Hall–Kier alpha value is -0.520. The Morgan fingerprint density at radius 2 is 2.38 bits per heavy atom. The van der Waals surface area contributed by atoms with Gasteiger partial charge in [-0.1, -0.05) is 11.6 Å². The van der Waals surface area contributed by atoms with Crippen molar-refractivity contribution in [2.45, 2.75) is 30.2 Å². The third kappa shape index (κ3) is 2.78. The number of hydrogen-bond donors (Lipinski definition) is 1. The van der Waals surface area contributed by atoms with Gasteiger partial charge in [0.1, 0.15) is 5.15 Å². The van der Waals surface area contributed by atoms with Gasteiger partial charge in [-0.25, -0.2) is 9.97 Å². The van der Waals surface area contributed by atoms with Crippen LogP contribution in [-0.2, 0) is 10.8 Å². The van der Waals surface area contributed by atoms with Crippen LogP contribution in [0.1, 0.15) is 18.5 Å². The normalized spacial score (nSPS) is 23.0. The van der Waals surface area contributed by atoms with Gasteiger partial charge in [0.2, 0.25) is 5.16 Å². The van der Waals surface area contributed by atoms with Gasteiger partial charge in [0.05, 0.1) is 16.0 Å². The Kier molecular flexibility index (Phi) is 3.89. The highest BCUT2D eigenvalue weighted by atomic mass is 35.5. The summed E-state index contributed by atoms with van der Waals surface area (Å²) in [5.74, 6) is 0. The van der Waals surface area contributed by atoms with Crippen LogP contribution in [0.25, 0.3) is 0 Å². The summed E-state index contributed by atoms with van der Waals surface area (Å²) in [5.41, 5.74) is 0.757. The van der Waals surface area contributed by atoms with Crippen LogP contribution >= 0.6 is 11.6 Å². The molecule has 4 nitrogen and oxygen atoms in total. The van der Waals surface area contributed by atoms with Crippen LogP contribution in [0.5, 0.6) is 0 Å². The molecular weight excluding hydrogens is 246 g/mol. The maximum Gasteiger partial charge on any atom is 0.220 e. The smallest absolute Gasteiger partial charge is 0.220 e. The number of aryl methyl sites for hydroxylation is 1. The van der Waals surface area contributed by atoms with E-state index in [1.807, 2.05) is 6.92 Å². The number of aromatic nitrogens is 2. The van der Waals surface area contributed by atoms with Crippen LogP contribution in [0.15, 0.2) is 11.2 Å². The van der Waals surface area contributed by atoms with Crippen LogP contribution in [0.3, 0.4) is 0 Å². The van der Waals surface area contributed by atoms with Crippen molar-refractivity contribution >= 4 is 22.4 Å². The number of rotatable bonds is 2. The van der Waals surface area contributed by atoms with Crippen LogP contribution < -0.4 is 5.32 Å². The molecule has 0 saturated carbocycles. The van der Waals surface area contributed by atoms with Gasteiger partial charge in [-0.05, 0) is 32.4 Å². The molecule has 0 amide bonds. The summed E-state index contributed by atoms with van der Waals surface area (Å²) in [4.78, 5) is 8.22. The van der Waals surface area contributed by atoms with Crippen molar-refractivity contribution in [3.8, 4) is 0 Å². The van der Waals surface area contributed by atoms with Gasteiger partial charge >= 0.3 is 0 Å². The van der Waals surface area contributed by atoms with Crippen molar-refractivity contribution in [1.29, 1.82) is 0 Å². The van der Waals surface area contributed by atoms with E-state index in [1.54, 1.807) is 6.07 Å². The summed E-state index contributed by atoms with van der Waals surface area (Å²) in [5, 5.41) is 4.06. The molecule has 88 valence electrons. The summed E-state index contributed by atoms with van der Waals surface area (Å²) >= 11 is 5.83. The topological polar surface area (TPSA) is 54.9 Å². The quantitative estimate of drug-likeness (QED) is 0.643. The fraction of sp³-hybridized carbons (Fsp3) is 0.600. The Bertz CT molecular complexity index is 387. The molecule has 2 rings (SSSR count). The molecule has 0 bridgehead atoms. The number of hydrogen-bond acceptors (Lipinski definition) is 4. The summed E-state index contributed by atoms with van der Waals surface area (Å²) in [7, 11) is -1.16. The van der Waals surface area contributed by atoms with Gasteiger partial charge in [0, 0.05) is 12.2 Å². The third-order valence-electron chi connectivity index (χ3n) is 2.54. The summed E-state index contributed by atoms with van der Waals surface area (Å²) < 4.78 is 12.2. The van der Waals surface area contributed by atoms with E-state index in [0.717, 1.165) is 31.6 Å². The zero-order valence-electron chi connectivity index (χ0n) is 9.07. The van der Waals surface area contributed by atoms with Crippen LogP contribution in [0.4, 0.5) is 0 Å². The number of nitrogens with one attached hydrogen (secondary N) is 1. The lowest BCUT2D eigenvalue weighted by Crippen LogP contribution is -2.36. The van der Waals surface area contributed by atoms with E-state index in [1.165, 1.54) is 0 Å². The van der Waals surface area contributed by atoms with Gasteiger partial charge in [-0.2, -0.15) is 0 Å². The Labute approximate surface area is 102 Å². The standard InChI is InChI=1S/C10H14ClN3OS/c1-7-5-9(11)14-10(13-7)16(15)8-3-2-4-12-6-8/h5,8,12H,2-4,6H2,1H3/t8-,16-/m1/s1. The van der Waals surface area contributed by atoms with Crippen molar-refractivity contribution in [1.82, 2.24) is 15.3 Å². The monoisotopic (exact) mass is 259 g/mol. The first-order valence-corrected chi connectivity index (χ1v) is 6.88. The molecule has 1 aromatic rings. The van der Waals surface area contributed by atoms with E-state index in [9.17, 15) is 4.21 Å². The number of piperidine rings is 1. The molecule has 1 aliphatic rings. The summed E-state index contributed by atoms with van der Waals surface area (Å²) in [6.07, 6.45) is 2.00. The second-order valence-corrected chi connectivity index (χ2v) is 5.89.